The number of hydrogen-bond acceptors (Lipinski definition) is 4. The van der Waals surface area contributed by atoms with Gasteiger partial charge in [0.05, 0.1) is 19.9 Å². The van der Waals surface area contributed by atoms with Crippen molar-refractivity contribution < 1.29 is 19.1 Å². The van der Waals surface area contributed by atoms with E-state index in [-0.39, 0.29) is 29.4 Å². The summed E-state index contributed by atoms with van der Waals surface area (Å²) in [7, 11) is 3.18. The molecule has 4 rings (SSSR count). The Bertz CT molecular complexity index is 1130. The van der Waals surface area contributed by atoms with Crippen molar-refractivity contribution in [3.8, 4) is 11.5 Å². The fraction of sp³-hybridized carbons (Fsp3) is 0.407. The lowest BCUT2D eigenvalue weighted by Crippen LogP contribution is -2.44. The number of carbonyl (C=O) groups is 2. The quantitative estimate of drug-likeness (QED) is 0.640. The number of Topliss-reactive ketones (excluding diaryl/α,β-unsaturated/α-hetero) is 1. The van der Waals surface area contributed by atoms with Crippen molar-refractivity contribution in [3.05, 3.63) is 64.4 Å². The first kappa shape index (κ1) is 22.1. The second-order valence-corrected chi connectivity index (χ2v) is 9.66. The molecule has 5 nitrogen and oxygen atoms in total. The average Bonchev–Trinajstić information content (AvgIpc) is 2.73. The van der Waals surface area contributed by atoms with Crippen LogP contribution in [0.1, 0.15) is 55.7 Å². The smallest absolute Gasteiger partial charge is 0.232 e. The fourth-order valence-electron chi connectivity index (χ4n) is 5.11. The SMILES string of the molecule is COc1cccc(C2CC(=O)N(c3cc(C)ccc3C)C3=C2C(=O)CC(C)(C)C3)c1OC. The number of carbonyl (C=O) groups excluding carboxylic acids is 2. The lowest BCUT2D eigenvalue weighted by Gasteiger charge is -2.43. The molecule has 2 aromatic rings. The minimum atomic E-state index is -0.354. The van der Waals surface area contributed by atoms with Gasteiger partial charge in [0.15, 0.2) is 17.3 Å². The van der Waals surface area contributed by atoms with E-state index in [9.17, 15) is 9.59 Å². The molecular weight excluding hydrogens is 402 g/mol. The number of aryl methyl sites for hydroxylation is 2. The molecule has 5 heteroatoms. The van der Waals surface area contributed by atoms with E-state index in [0.29, 0.717) is 24.3 Å². The van der Waals surface area contributed by atoms with E-state index in [0.717, 1.165) is 33.6 Å². The van der Waals surface area contributed by atoms with Gasteiger partial charge in [-0.15, -0.1) is 0 Å². The summed E-state index contributed by atoms with van der Waals surface area (Å²) in [5, 5.41) is 0. The molecule has 1 unspecified atom stereocenters. The van der Waals surface area contributed by atoms with Gasteiger partial charge in [-0.2, -0.15) is 0 Å². The average molecular weight is 434 g/mol. The molecule has 2 aromatic carbocycles. The number of ketones is 1. The van der Waals surface area contributed by atoms with Crippen molar-refractivity contribution in [1.29, 1.82) is 0 Å². The predicted octanol–water partition coefficient (Wildman–Crippen LogP) is 5.48. The maximum atomic E-state index is 13.7. The van der Waals surface area contributed by atoms with Crippen LogP contribution in [0.25, 0.3) is 0 Å². The van der Waals surface area contributed by atoms with E-state index in [1.807, 2.05) is 50.2 Å². The topological polar surface area (TPSA) is 55.8 Å². The van der Waals surface area contributed by atoms with Gasteiger partial charge in [0, 0.05) is 35.6 Å². The lowest BCUT2D eigenvalue weighted by molar-refractivity contribution is -0.121. The zero-order chi connectivity index (χ0) is 23.2. The summed E-state index contributed by atoms with van der Waals surface area (Å²) >= 11 is 0. The molecule has 0 N–H and O–H groups in total. The van der Waals surface area contributed by atoms with E-state index in [4.69, 9.17) is 9.47 Å². The Morgan fingerprint density at radius 2 is 1.75 bits per heavy atom. The van der Waals surface area contributed by atoms with Crippen molar-refractivity contribution >= 4 is 17.4 Å². The highest BCUT2D eigenvalue weighted by molar-refractivity contribution is 6.08. The molecule has 0 bridgehead atoms. The summed E-state index contributed by atoms with van der Waals surface area (Å²) in [6.45, 7) is 8.22. The van der Waals surface area contributed by atoms with Crippen LogP contribution in [-0.4, -0.2) is 25.9 Å². The molecule has 1 aliphatic heterocycles. The number of allylic oxidation sites excluding steroid dienone is 2. The van der Waals surface area contributed by atoms with Gasteiger partial charge in [-0.25, -0.2) is 0 Å². The van der Waals surface area contributed by atoms with E-state index >= 15 is 0 Å². The number of nitrogens with zero attached hydrogens (tertiary/aromatic N) is 1. The molecule has 0 radical (unpaired) electrons. The first-order valence-electron chi connectivity index (χ1n) is 11.0. The Kier molecular flexibility index (Phi) is 5.61. The van der Waals surface area contributed by atoms with Crippen molar-refractivity contribution in [2.75, 3.05) is 19.1 Å². The third-order valence-electron chi connectivity index (χ3n) is 6.56. The highest BCUT2D eigenvalue weighted by atomic mass is 16.5. The number of amides is 1. The van der Waals surface area contributed by atoms with E-state index in [1.54, 1.807) is 19.1 Å². The Hall–Kier alpha value is -3.08. The standard InChI is InChI=1S/C27H31NO4/c1-16-10-11-17(2)20(12-16)28-21-14-27(3,4)15-22(29)25(21)19(13-24(28)30)18-8-7-9-23(31-5)26(18)32-6/h7-12,19H,13-15H2,1-6H3. The van der Waals surface area contributed by atoms with Crippen LogP contribution in [0.3, 0.4) is 0 Å². The normalized spacial score (nSPS) is 20.3. The van der Waals surface area contributed by atoms with Gasteiger partial charge in [-0.1, -0.05) is 38.1 Å². The first-order valence-corrected chi connectivity index (χ1v) is 11.0. The zero-order valence-corrected chi connectivity index (χ0v) is 19.7. The van der Waals surface area contributed by atoms with Gasteiger partial charge in [0.1, 0.15) is 0 Å². The number of para-hydroxylation sites is 1. The van der Waals surface area contributed by atoms with Gasteiger partial charge in [-0.05, 0) is 48.9 Å². The van der Waals surface area contributed by atoms with Crippen molar-refractivity contribution in [2.45, 2.75) is 52.9 Å². The van der Waals surface area contributed by atoms with Gasteiger partial charge >= 0.3 is 0 Å². The summed E-state index contributed by atoms with van der Waals surface area (Å²) in [6, 6.07) is 11.8. The predicted molar refractivity (Wildman–Crippen MR) is 125 cm³/mol. The summed E-state index contributed by atoms with van der Waals surface area (Å²) in [4.78, 5) is 29.0. The maximum Gasteiger partial charge on any atom is 0.232 e. The number of rotatable bonds is 4. The monoisotopic (exact) mass is 433 g/mol. The Morgan fingerprint density at radius 1 is 1.00 bits per heavy atom. The van der Waals surface area contributed by atoms with Crippen LogP contribution >= 0.6 is 0 Å². The second kappa shape index (κ2) is 8.12. The van der Waals surface area contributed by atoms with E-state index in [2.05, 4.69) is 13.8 Å². The molecule has 0 spiro atoms. The highest BCUT2D eigenvalue weighted by Gasteiger charge is 2.45. The fourth-order valence-corrected chi connectivity index (χ4v) is 5.11. The van der Waals surface area contributed by atoms with Gasteiger partial charge in [0.2, 0.25) is 5.91 Å². The van der Waals surface area contributed by atoms with Crippen LogP contribution in [-0.2, 0) is 9.59 Å². The van der Waals surface area contributed by atoms with E-state index in [1.165, 1.54) is 0 Å². The number of anilines is 1. The molecule has 0 fully saturated rings. The molecular formula is C27H31NO4. The van der Waals surface area contributed by atoms with Crippen molar-refractivity contribution in [1.82, 2.24) is 0 Å². The van der Waals surface area contributed by atoms with Gasteiger partial charge in [0.25, 0.3) is 0 Å². The molecule has 1 heterocycles. The van der Waals surface area contributed by atoms with Crippen molar-refractivity contribution in [2.24, 2.45) is 5.41 Å². The molecule has 1 amide bonds. The highest BCUT2D eigenvalue weighted by Crippen LogP contribution is 2.51. The summed E-state index contributed by atoms with van der Waals surface area (Å²) in [5.41, 5.74) is 5.13. The van der Waals surface area contributed by atoms with Gasteiger partial charge < -0.3 is 9.47 Å². The van der Waals surface area contributed by atoms with Crippen LogP contribution in [0.15, 0.2) is 47.7 Å². The number of ether oxygens (including phenoxy) is 2. The Morgan fingerprint density at radius 3 is 2.44 bits per heavy atom. The number of hydrogen-bond donors (Lipinski definition) is 0. The third kappa shape index (κ3) is 3.70. The van der Waals surface area contributed by atoms with Crippen molar-refractivity contribution in [3.63, 3.8) is 0 Å². The minimum absolute atomic E-state index is 0.00202. The van der Waals surface area contributed by atoms with Crippen LogP contribution in [0.2, 0.25) is 0 Å². The number of benzene rings is 2. The number of methoxy groups -OCH3 is 2. The Labute approximate surface area is 190 Å². The third-order valence-corrected chi connectivity index (χ3v) is 6.56. The maximum absolute atomic E-state index is 13.7. The molecule has 32 heavy (non-hydrogen) atoms. The minimum Gasteiger partial charge on any atom is -0.493 e. The van der Waals surface area contributed by atoms with Crippen LogP contribution in [0.5, 0.6) is 11.5 Å². The van der Waals surface area contributed by atoms with E-state index < -0.39 is 0 Å². The van der Waals surface area contributed by atoms with Crippen LogP contribution in [0, 0.1) is 19.3 Å². The van der Waals surface area contributed by atoms with Gasteiger partial charge in [-0.3, -0.25) is 14.5 Å². The second-order valence-electron chi connectivity index (χ2n) is 9.66. The molecule has 168 valence electrons. The zero-order valence-electron chi connectivity index (χ0n) is 19.7. The molecule has 1 aliphatic carbocycles. The molecule has 2 aliphatic rings. The largest absolute Gasteiger partial charge is 0.493 e. The first-order chi connectivity index (χ1) is 15.2. The molecule has 0 aromatic heterocycles. The lowest BCUT2D eigenvalue weighted by atomic mass is 9.69. The molecule has 1 atom stereocenters. The summed E-state index contributed by atoms with van der Waals surface area (Å²) in [6.07, 6.45) is 1.33. The summed E-state index contributed by atoms with van der Waals surface area (Å²) < 4.78 is 11.2. The Balaban J connectivity index is 1.96. The van der Waals surface area contributed by atoms with Crippen LogP contribution < -0.4 is 14.4 Å². The van der Waals surface area contributed by atoms with Crippen LogP contribution in [0.4, 0.5) is 5.69 Å². The molecule has 0 saturated carbocycles. The summed E-state index contributed by atoms with van der Waals surface area (Å²) in [5.74, 6) is 0.928. The molecule has 0 saturated heterocycles.